The molecule has 1 atom stereocenters. The summed E-state index contributed by atoms with van der Waals surface area (Å²) in [6.45, 7) is 4.15. The predicted molar refractivity (Wildman–Crippen MR) is 82.3 cm³/mol. The van der Waals surface area contributed by atoms with Gasteiger partial charge in [-0.05, 0) is 30.5 Å². The number of alkyl halides is 1. The number of rotatable bonds is 4. The van der Waals surface area contributed by atoms with Gasteiger partial charge in [0.2, 0.25) is 0 Å². The third kappa shape index (κ3) is 3.44. The van der Waals surface area contributed by atoms with Crippen molar-refractivity contribution < 1.29 is 4.39 Å². The van der Waals surface area contributed by atoms with Crippen LogP contribution in [0.1, 0.15) is 40.4 Å². The van der Waals surface area contributed by atoms with E-state index in [0.29, 0.717) is 5.56 Å². The van der Waals surface area contributed by atoms with Crippen molar-refractivity contribution in [2.45, 2.75) is 31.5 Å². The van der Waals surface area contributed by atoms with Gasteiger partial charge in [0.25, 0.3) is 0 Å². The maximum atomic E-state index is 13.9. The van der Waals surface area contributed by atoms with Gasteiger partial charge in [0.15, 0.2) is 0 Å². The van der Waals surface area contributed by atoms with Gasteiger partial charge >= 0.3 is 0 Å². The predicted octanol–water partition coefficient (Wildman–Crippen LogP) is 5.57. The first-order valence-electron chi connectivity index (χ1n) is 6.60. The second-order valence-corrected chi connectivity index (χ2v) is 5.79. The lowest BCUT2D eigenvalue weighted by Crippen LogP contribution is -1.97. The lowest BCUT2D eigenvalue weighted by molar-refractivity contribution is 0.613. The Hall–Kier alpha value is -1.15. The molecule has 0 spiro atoms. The standard InChI is InChI=1S/C17H18BrF/c1-3-4-13-6-8-14(9-7-13)17(18)15-11-12(2)5-10-16(15)19/h5-11,17H,3-4H2,1-2H3. The highest BCUT2D eigenvalue weighted by Crippen LogP contribution is 2.33. The Labute approximate surface area is 122 Å². The van der Waals surface area contributed by atoms with Crippen LogP contribution >= 0.6 is 15.9 Å². The van der Waals surface area contributed by atoms with Gasteiger partial charge in [-0.25, -0.2) is 4.39 Å². The van der Waals surface area contributed by atoms with E-state index in [4.69, 9.17) is 0 Å². The third-order valence-electron chi connectivity index (χ3n) is 3.24. The van der Waals surface area contributed by atoms with E-state index >= 15 is 0 Å². The molecule has 19 heavy (non-hydrogen) atoms. The minimum atomic E-state index is -0.162. The van der Waals surface area contributed by atoms with Crippen LogP contribution in [0.25, 0.3) is 0 Å². The summed E-state index contributed by atoms with van der Waals surface area (Å²) in [4.78, 5) is -0.0944. The van der Waals surface area contributed by atoms with Crippen LogP contribution in [0.3, 0.4) is 0 Å². The maximum Gasteiger partial charge on any atom is 0.127 e. The van der Waals surface area contributed by atoms with Gasteiger partial charge in [-0.2, -0.15) is 0 Å². The average Bonchev–Trinajstić information content (AvgIpc) is 2.42. The summed E-state index contributed by atoms with van der Waals surface area (Å²) in [5, 5.41) is 0. The van der Waals surface area contributed by atoms with Crippen molar-refractivity contribution in [2.24, 2.45) is 0 Å². The fourth-order valence-electron chi connectivity index (χ4n) is 2.18. The van der Waals surface area contributed by atoms with Gasteiger partial charge in [-0.15, -0.1) is 0 Å². The molecule has 0 nitrogen and oxygen atoms in total. The Morgan fingerprint density at radius 2 is 1.79 bits per heavy atom. The van der Waals surface area contributed by atoms with Crippen molar-refractivity contribution in [3.05, 3.63) is 70.5 Å². The highest BCUT2D eigenvalue weighted by Gasteiger charge is 2.14. The Bertz CT molecular complexity index is 546. The summed E-state index contributed by atoms with van der Waals surface area (Å²) in [5.74, 6) is -0.162. The zero-order valence-electron chi connectivity index (χ0n) is 11.3. The molecule has 0 bridgehead atoms. The highest BCUT2D eigenvalue weighted by atomic mass is 79.9. The normalized spacial score (nSPS) is 12.4. The number of hydrogen-bond donors (Lipinski definition) is 0. The SMILES string of the molecule is CCCc1ccc(C(Br)c2cc(C)ccc2F)cc1. The van der Waals surface area contributed by atoms with Gasteiger partial charge in [0, 0.05) is 5.56 Å². The quantitative estimate of drug-likeness (QED) is 0.646. The van der Waals surface area contributed by atoms with Gasteiger partial charge in [0.05, 0.1) is 4.83 Å². The zero-order valence-corrected chi connectivity index (χ0v) is 12.9. The lowest BCUT2D eigenvalue weighted by Gasteiger charge is -2.13. The summed E-state index contributed by atoms with van der Waals surface area (Å²) in [6, 6.07) is 13.6. The molecular weight excluding hydrogens is 303 g/mol. The number of aryl methyl sites for hydroxylation is 2. The molecule has 0 aromatic heterocycles. The number of hydrogen-bond acceptors (Lipinski definition) is 0. The zero-order chi connectivity index (χ0) is 13.8. The molecule has 1 unspecified atom stereocenters. The fraction of sp³-hybridized carbons (Fsp3) is 0.294. The van der Waals surface area contributed by atoms with E-state index in [1.165, 1.54) is 11.6 Å². The molecule has 2 heteroatoms. The molecule has 0 radical (unpaired) electrons. The van der Waals surface area contributed by atoms with Crippen LogP contribution in [0.15, 0.2) is 42.5 Å². The van der Waals surface area contributed by atoms with Crippen LogP contribution in [0.2, 0.25) is 0 Å². The van der Waals surface area contributed by atoms with E-state index in [0.717, 1.165) is 24.0 Å². The summed E-state index contributed by atoms with van der Waals surface area (Å²) in [6.07, 6.45) is 2.23. The molecule has 2 aromatic rings. The Balaban J connectivity index is 2.27. The molecule has 0 N–H and O–H groups in total. The first kappa shape index (κ1) is 14.3. The molecule has 0 heterocycles. The van der Waals surface area contributed by atoms with E-state index in [1.54, 1.807) is 6.07 Å². The highest BCUT2D eigenvalue weighted by molar-refractivity contribution is 9.09. The van der Waals surface area contributed by atoms with E-state index in [1.807, 2.05) is 13.0 Å². The molecule has 0 aliphatic heterocycles. The van der Waals surface area contributed by atoms with Gasteiger partial charge in [-0.1, -0.05) is 71.2 Å². The van der Waals surface area contributed by atoms with Crippen molar-refractivity contribution in [1.82, 2.24) is 0 Å². The van der Waals surface area contributed by atoms with Crippen LogP contribution in [0, 0.1) is 12.7 Å². The van der Waals surface area contributed by atoms with E-state index < -0.39 is 0 Å². The Morgan fingerprint density at radius 3 is 2.42 bits per heavy atom. The smallest absolute Gasteiger partial charge is 0.127 e. The molecule has 0 fully saturated rings. The van der Waals surface area contributed by atoms with Gasteiger partial charge in [0.1, 0.15) is 5.82 Å². The number of benzene rings is 2. The second-order valence-electron chi connectivity index (χ2n) is 4.88. The maximum absolute atomic E-state index is 13.9. The Morgan fingerprint density at radius 1 is 1.11 bits per heavy atom. The van der Waals surface area contributed by atoms with E-state index in [9.17, 15) is 4.39 Å². The van der Waals surface area contributed by atoms with E-state index in [-0.39, 0.29) is 10.6 Å². The summed E-state index contributed by atoms with van der Waals surface area (Å²) in [7, 11) is 0. The molecule has 0 saturated heterocycles. The van der Waals surface area contributed by atoms with Crippen molar-refractivity contribution in [1.29, 1.82) is 0 Å². The van der Waals surface area contributed by atoms with Crippen LogP contribution in [-0.2, 0) is 6.42 Å². The van der Waals surface area contributed by atoms with Gasteiger partial charge < -0.3 is 0 Å². The van der Waals surface area contributed by atoms with Crippen molar-refractivity contribution >= 4 is 15.9 Å². The van der Waals surface area contributed by atoms with Crippen molar-refractivity contribution in [2.75, 3.05) is 0 Å². The first-order chi connectivity index (χ1) is 9.11. The molecule has 0 saturated carbocycles. The fourth-order valence-corrected chi connectivity index (χ4v) is 2.83. The monoisotopic (exact) mass is 320 g/mol. The van der Waals surface area contributed by atoms with Crippen LogP contribution in [-0.4, -0.2) is 0 Å². The second kappa shape index (κ2) is 6.33. The number of halogens is 2. The molecule has 0 aliphatic rings. The summed E-state index contributed by atoms with van der Waals surface area (Å²) >= 11 is 3.60. The third-order valence-corrected chi connectivity index (χ3v) is 4.26. The topological polar surface area (TPSA) is 0 Å². The molecule has 2 aromatic carbocycles. The minimum absolute atomic E-state index is 0.0944. The van der Waals surface area contributed by atoms with Crippen LogP contribution < -0.4 is 0 Å². The summed E-state index contributed by atoms with van der Waals surface area (Å²) < 4.78 is 13.9. The van der Waals surface area contributed by atoms with E-state index in [2.05, 4.69) is 47.1 Å². The lowest BCUT2D eigenvalue weighted by atomic mass is 10.0. The molecular formula is C17H18BrF. The van der Waals surface area contributed by atoms with Crippen LogP contribution in [0.4, 0.5) is 4.39 Å². The molecule has 100 valence electrons. The van der Waals surface area contributed by atoms with Crippen molar-refractivity contribution in [3.8, 4) is 0 Å². The Kier molecular flexibility index (Phi) is 4.76. The molecule has 0 amide bonds. The van der Waals surface area contributed by atoms with Gasteiger partial charge in [-0.3, -0.25) is 0 Å². The summed E-state index contributed by atoms with van der Waals surface area (Å²) in [5.41, 5.74) is 4.19. The minimum Gasteiger partial charge on any atom is -0.207 e. The van der Waals surface area contributed by atoms with Crippen LogP contribution in [0.5, 0.6) is 0 Å². The largest absolute Gasteiger partial charge is 0.207 e. The molecule has 0 aliphatic carbocycles. The first-order valence-corrected chi connectivity index (χ1v) is 7.52. The molecule has 2 rings (SSSR count). The van der Waals surface area contributed by atoms with Crippen molar-refractivity contribution in [3.63, 3.8) is 0 Å². The average molecular weight is 321 g/mol.